The number of amides is 1. The molecule has 6 heteroatoms. The van der Waals surface area contributed by atoms with Gasteiger partial charge in [-0.15, -0.1) is 0 Å². The van der Waals surface area contributed by atoms with Gasteiger partial charge in [0, 0.05) is 0 Å². The number of aliphatic carboxylic acids is 1. The van der Waals surface area contributed by atoms with Gasteiger partial charge in [-0.1, -0.05) is 12.1 Å². The summed E-state index contributed by atoms with van der Waals surface area (Å²) in [6, 6.07) is 5.65. The second-order valence-electron chi connectivity index (χ2n) is 3.83. The van der Waals surface area contributed by atoms with E-state index in [0.29, 0.717) is 23.5 Å². The van der Waals surface area contributed by atoms with E-state index in [1.807, 2.05) is 6.26 Å². The third-order valence-electron chi connectivity index (χ3n) is 2.55. The largest absolute Gasteiger partial charge is 0.548 e. The van der Waals surface area contributed by atoms with Gasteiger partial charge in [0.2, 0.25) is 0 Å². The summed E-state index contributed by atoms with van der Waals surface area (Å²) in [5.74, 6) is -0.725. The van der Waals surface area contributed by atoms with Gasteiger partial charge in [0.15, 0.2) is 0 Å². The van der Waals surface area contributed by atoms with Crippen LogP contribution >= 0.6 is 11.8 Å². The van der Waals surface area contributed by atoms with Gasteiger partial charge >= 0.3 is 0 Å². The zero-order valence-corrected chi connectivity index (χ0v) is 11.7. The van der Waals surface area contributed by atoms with Gasteiger partial charge in [0.05, 0.1) is 24.7 Å². The van der Waals surface area contributed by atoms with E-state index in [1.54, 1.807) is 24.3 Å². The number of hydrogen-bond acceptors (Lipinski definition) is 5. The Labute approximate surface area is 116 Å². The molecule has 1 aromatic carbocycles. The van der Waals surface area contributed by atoms with Crippen molar-refractivity contribution in [3.63, 3.8) is 0 Å². The van der Waals surface area contributed by atoms with E-state index in [2.05, 4.69) is 5.32 Å². The molecule has 1 atom stereocenters. The van der Waals surface area contributed by atoms with E-state index in [4.69, 9.17) is 4.74 Å². The quantitative estimate of drug-likeness (QED) is 0.778. The Morgan fingerprint density at radius 2 is 2.11 bits per heavy atom. The summed E-state index contributed by atoms with van der Waals surface area (Å²) < 4.78 is 5.06. The normalized spacial score (nSPS) is 11.7. The molecule has 0 fully saturated rings. The van der Waals surface area contributed by atoms with Crippen molar-refractivity contribution in [1.29, 1.82) is 0 Å². The van der Waals surface area contributed by atoms with Crippen molar-refractivity contribution in [1.82, 2.24) is 5.32 Å². The third-order valence-corrected chi connectivity index (χ3v) is 3.20. The predicted molar refractivity (Wildman–Crippen MR) is 72.3 cm³/mol. The average Bonchev–Trinajstić information content (AvgIpc) is 2.42. The van der Waals surface area contributed by atoms with Crippen molar-refractivity contribution >= 4 is 23.6 Å². The Morgan fingerprint density at radius 3 is 2.68 bits per heavy atom. The summed E-state index contributed by atoms with van der Waals surface area (Å²) in [6.07, 6.45) is 2.19. The number of methoxy groups -OCH3 is 1. The standard InChI is InChI=1S/C13H17NO4S/c1-18-11-6-4-3-5-9(11)12(15)14-10(13(16)17)7-8-19-2/h3-6,10H,7-8H2,1-2H3,(H,14,15)(H,16,17)/p-1/t10-/m1/s1. The van der Waals surface area contributed by atoms with E-state index in [-0.39, 0.29) is 0 Å². The summed E-state index contributed by atoms with van der Waals surface area (Å²) in [5.41, 5.74) is 0.306. The van der Waals surface area contributed by atoms with Crippen molar-refractivity contribution in [3.8, 4) is 5.75 Å². The monoisotopic (exact) mass is 282 g/mol. The van der Waals surface area contributed by atoms with Gasteiger partial charge in [-0.2, -0.15) is 11.8 Å². The maximum absolute atomic E-state index is 12.0. The third kappa shape index (κ3) is 4.48. The Kier molecular flexibility index (Phi) is 6.21. The SMILES string of the molecule is COc1ccccc1C(=O)N[C@H](CCSC)C(=O)[O-]. The Hall–Kier alpha value is -1.69. The maximum atomic E-state index is 12.0. The molecule has 19 heavy (non-hydrogen) atoms. The minimum absolute atomic E-state index is 0.306. The first kappa shape index (κ1) is 15.4. The number of nitrogens with one attached hydrogen (secondary N) is 1. The average molecular weight is 282 g/mol. The van der Waals surface area contributed by atoms with E-state index >= 15 is 0 Å². The number of carbonyl (C=O) groups excluding carboxylic acids is 2. The molecule has 1 amide bonds. The molecule has 1 aromatic rings. The fraction of sp³-hybridized carbons (Fsp3) is 0.385. The molecular formula is C13H16NO4S-. The van der Waals surface area contributed by atoms with Crippen LogP contribution in [0.25, 0.3) is 0 Å². The van der Waals surface area contributed by atoms with Crippen molar-refractivity contribution in [2.24, 2.45) is 0 Å². The second-order valence-corrected chi connectivity index (χ2v) is 4.81. The summed E-state index contributed by atoms with van der Waals surface area (Å²) in [4.78, 5) is 23.0. The molecule has 1 rings (SSSR count). The lowest BCUT2D eigenvalue weighted by Gasteiger charge is -2.19. The molecule has 0 aliphatic heterocycles. The van der Waals surface area contributed by atoms with E-state index < -0.39 is 17.9 Å². The second kappa shape index (κ2) is 7.68. The van der Waals surface area contributed by atoms with Gasteiger partial charge in [-0.05, 0) is 30.6 Å². The number of carboxylic acid groups (broad SMARTS) is 1. The van der Waals surface area contributed by atoms with Gasteiger partial charge < -0.3 is 20.0 Å². The van der Waals surface area contributed by atoms with Gasteiger partial charge in [-0.25, -0.2) is 0 Å². The molecule has 0 heterocycles. The fourth-order valence-electron chi connectivity index (χ4n) is 1.55. The molecule has 0 unspecified atom stereocenters. The van der Waals surface area contributed by atoms with Crippen LogP contribution in [0.5, 0.6) is 5.75 Å². The predicted octanol–water partition coefficient (Wildman–Crippen LogP) is 0.297. The summed E-state index contributed by atoms with van der Waals surface area (Å²) in [7, 11) is 1.45. The van der Waals surface area contributed by atoms with Crippen molar-refractivity contribution in [2.75, 3.05) is 19.1 Å². The number of carboxylic acids is 1. The van der Waals surface area contributed by atoms with Crippen LogP contribution in [0.2, 0.25) is 0 Å². The molecule has 0 aromatic heterocycles. The van der Waals surface area contributed by atoms with Crippen LogP contribution in [0.4, 0.5) is 0 Å². The molecule has 0 aliphatic rings. The smallest absolute Gasteiger partial charge is 0.255 e. The molecule has 0 saturated heterocycles. The van der Waals surface area contributed by atoms with Crippen LogP contribution < -0.4 is 15.2 Å². The lowest BCUT2D eigenvalue weighted by Crippen LogP contribution is -2.48. The highest BCUT2D eigenvalue weighted by atomic mass is 32.2. The van der Waals surface area contributed by atoms with Crippen LogP contribution in [-0.2, 0) is 4.79 Å². The van der Waals surface area contributed by atoms with Crippen LogP contribution in [0.3, 0.4) is 0 Å². The van der Waals surface area contributed by atoms with Crippen LogP contribution in [0.15, 0.2) is 24.3 Å². The first-order valence-electron chi connectivity index (χ1n) is 5.73. The highest BCUT2D eigenvalue weighted by Crippen LogP contribution is 2.17. The van der Waals surface area contributed by atoms with Gasteiger partial charge in [0.1, 0.15) is 5.75 Å². The molecule has 0 bridgehead atoms. The number of benzene rings is 1. The zero-order valence-electron chi connectivity index (χ0n) is 10.8. The number of rotatable bonds is 7. The van der Waals surface area contributed by atoms with E-state index in [0.717, 1.165) is 0 Å². The lowest BCUT2D eigenvalue weighted by atomic mass is 10.1. The fourth-order valence-corrected chi connectivity index (χ4v) is 2.02. The summed E-state index contributed by atoms with van der Waals surface area (Å²) >= 11 is 1.51. The molecular weight excluding hydrogens is 266 g/mol. The molecule has 0 radical (unpaired) electrons. The lowest BCUT2D eigenvalue weighted by molar-refractivity contribution is -0.308. The molecule has 0 spiro atoms. The number of para-hydroxylation sites is 1. The minimum Gasteiger partial charge on any atom is -0.548 e. The molecule has 5 nitrogen and oxygen atoms in total. The molecule has 0 aliphatic carbocycles. The highest BCUT2D eigenvalue weighted by Gasteiger charge is 2.17. The van der Waals surface area contributed by atoms with Crippen molar-refractivity contribution in [2.45, 2.75) is 12.5 Å². The van der Waals surface area contributed by atoms with Crippen molar-refractivity contribution in [3.05, 3.63) is 29.8 Å². The first-order valence-corrected chi connectivity index (χ1v) is 7.13. The number of ether oxygens (including phenoxy) is 1. The molecule has 0 saturated carbocycles. The summed E-state index contributed by atoms with van der Waals surface area (Å²) in [6.45, 7) is 0. The van der Waals surface area contributed by atoms with Crippen LogP contribution in [0.1, 0.15) is 16.8 Å². The van der Waals surface area contributed by atoms with Gasteiger partial charge in [0.25, 0.3) is 5.91 Å². The van der Waals surface area contributed by atoms with Crippen LogP contribution in [0, 0.1) is 0 Å². The van der Waals surface area contributed by atoms with Crippen LogP contribution in [-0.4, -0.2) is 37.0 Å². The molecule has 1 N–H and O–H groups in total. The molecule has 104 valence electrons. The highest BCUT2D eigenvalue weighted by molar-refractivity contribution is 7.98. The summed E-state index contributed by atoms with van der Waals surface area (Å²) in [5, 5.41) is 13.4. The van der Waals surface area contributed by atoms with E-state index in [9.17, 15) is 14.7 Å². The minimum atomic E-state index is -1.28. The Bertz CT molecular complexity index is 450. The topological polar surface area (TPSA) is 78.5 Å². The number of thioether (sulfide) groups is 1. The zero-order chi connectivity index (χ0) is 14.3. The Morgan fingerprint density at radius 1 is 1.42 bits per heavy atom. The Balaban J connectivity index is 2.78. The number of carbonyl (C=O) groups is 2. The van der Waals surface area contributed by atoms with Crippen molar-refractivity contribution < 1.29 is 19.4 Å². The van der Waals surface area contributed by atoms with Gasteiger partial charge in [-0.3, -0.25) is 4.79 Å². The number of hydrogen-bond donors (Lipinski definition) is 1. The maximum Gasteiger partial charge on any atom is 0.255 e. The first-order chi connectivity index (χ1) is 9.10. The van der Waals surface area contributed by atoms with E-state index in [1.165, 1.54) is 18.9 Å².